The molecule has 1 heterocycles. The first kappa shape index (κ1) is 15.0. The summed E-state index contributed by atoms with van der Waals surface area (Å²) in [7, 11) is 0. The molecular weight excluding hydrogens is 292 g/mol. The number of nitrogens with zero attached hydrogens (tertiary/aromatic N) is 1. The van der Waals surface area contributed by atoms with Gasteiger partial charge in [0.15, 0.2) is 23.2 Å². The number of ether oxygens (including phenoxy) is 1. The molecular formula is C13H10F4N2O2. The highest BCUT2D eigenvalue weighted by Gasteiger charge is 2.21. The van der Waals surface area contributed by atoms with Crippen molar-refractivity contribution in [2.75, 3.05) is 6.61 Å². The van der Waals surface area contributed by atoms with E-state index in [2.05, 4.69) is 14.7 Å². The van der Waals surface area contributed by atoms with Gasteiger partial charge in [0.1, 0.15) is 6.61 Å². The van der Waals surface area contributed by atoms with E-state index >= 15 is 0 Å². The Bertz CT molecular complexity index is 618. The molecule has 0 aliphatic carbocycles. The van der Waals surface area contributed by atoms with E-state index in [4.69, 9.17) is 0 Å². The predicted molar refractivity (Wildman–Crippen MR) is 63.7 cm³/mol. The van der Waals surface area contributed by atoms with Crippen molar-refractivity contribution in [1.29, 1.82) is 0 Å². The molecule has 2 aromatic rings. The van der Waals surface area contributed by atoms with Gasteiger partial charge in [-0.3, -0.25) is 4.79 Å². The number of carbonyl (C=O) groups excluding carboxylic acids is 1. The Balaban J connectivity index is 1.95. The van der Waals surface area contributed by atoms with Crippen molar-refractivity contribution < 1.29 is 27.1 Å². The van der Waals surface area contributed by atoms with Crippen molar-refractivity contribution >= 4 is 5.78 Å². The topological polar surface area (TPSA) is 55.0 Å². The lowest BCUT2D eigenvalue weighted by atomic mass is 10.2. The number of imidazole rings is 1. The van der Waals surface area contributed by atoms with E-state index in [1.165, 1.54) is 12.5 Å². The number of aryl methyl sites for hydroxylation is 1. The average Bonchev–Trinajstić information content (AvgIpc) is 2.96. The van der Waals surface area contributed by atoms with Crippen LogP contribution in [0, 0.1) is 23.3 Å². The first-order chi connectivity index (χ1) is 9.99. The van der Waals surface area contributed by atoms with Gasteiger partial charge in [0.05, 0.1) is 6.33 Å². The van der Waals surface area contributed by atoms with E-state index in [-0.39, 0.29) is 12.5 Å². The fourth-order valence-corrected chi connectivity index (χ4v) is 1.60. The Hall–Kier alpha value is -2.38. The van der Waals surface area contributed by atoms with E-state index in [0.29, 0.717) is 12.1 Å². The summed E-state index contributed by atoms with van der Waals surface area (Å²) >= 11 is 0. The van der Waals surface area contributed by atoms with Crippen LogP contribution in [0.1, 0.15) is 12.1 Å². The number of carbonyl (C=O) groups is 1. The van der Waals surface area contributed by atoms with Crippen LogP contribution in [0.5, 0.6) is 5.75 Å². The normalized spacial score (nSPS) is 10.7. The van der Waals surface area contributed by atoms with E-state index in [1.54, 1.807) is 0 Å². The minimum absolute atomic E-state index is 0.0310. The lowest BCUT2D eigenvalue weighted by Crippen LogP contribution is -2.14. The lowest BCUT2D eigenvalue weighted by Gasteiger charge is -2.08. The molecule has 0 unspecified atom stereocenters. The number of benzene rings is 1. The molecule has 0 saturated carbocycles. The number of Topliss-reactive ketones (excluding diaryl/α,β-unsaturated/α-hetero) is 1. The van der Waals surface area contributed by atoms with Crippen LogP contribution < -0.4 is 4.74 Å². The third-order valence-electron chi connectivity index (χ3n) is 2.68. The zero-order chi connectivity index (χ0) is 15.4. The molecule has 1 aromatic heterocycles. The Morgan fingerprint density at radius 2 is 1.86 bits per heavy atom. The second kappa shape index (κ2) is 6.38. The molecule has 4 nitrogen and oxygen atoms in total. The van der Waals surface area contributed by atoms with E-state index < -0.39 is 41.4 Å². The van der Waals surface area contributed by atoms with Gasteiger partial charge in [-0.1, -0.05) is 0 Å². The highest BCUT2D eigenvalue weighted by Crippen LogP contribution is 2.26. The molecule has 0 radical (unpaired) electrons. The molecule has 8 heteroatoms. The van der Waals surface area contributed by atoms with Crippen LogP contribution in [-0.4, -0.2) is 22.4 Å². The van der Waals surface area contributed by atoms with Crippen molar-refractivity contribution in [1.82, 2.24) is 9.97 Å². The molecule has 0 bridgehead atoms. The number of hydrogen-bond donors (Lipinski definition) is 1. The number of ketones is 1. The highest BCUT2D eigenvalue weighted by molar-refractivity contribution is 5.80. The maximum absolute atomic E-state index is 13.3. The molecule has 0 atom stereocenters. The molecule has 0 aliphatic rings. The Kier molecular flexibility index (Phi) is 4.56. The van der Waals surface area contributed by atoms with Gasteiger partial charge in [0, 0.05) is 24.4 Å². The van der Waals surface area contributed by atoms with Gasteiger partial charge in [0.2, 0.25) is 11.6 Å². The lowest BCUT2D eigenvalue weighted by molar-refractivity contribution is -0.121. The van der Waals surface area contributed by atoms with Crippen LogP contribution in [-0.2, 0) is 11.2 Å². The zero-order valence-corrected chi connectivity index (χ0v) is 10.6. The Morgan fingerprint density at radius 3 is 2.43 bits per heavy atom. The van der Waals surface area contributed by atoms with Crippen LogP contribution in [0.3, 0.4) is 0 Å². The molecule has 112 valence electrons. The van der Waals surface area contributed by atoms with Crippen LogP contribution in [0.2, 0.25) is 0 Å². The molecule has 0 saturated heterocycles. The van der Waals surface area contributed by atoms with Crippen LogP contribution in [0.4, 0.5) is 17.6 Å². The fourth-order valence-electron chi connectivity index (χ4n) is 1.60. The number of nitrogens with one attached hydrogen (secondary N) is 1. The van der Waals surface area contributed by atoms with E-state index in [9.17, 15) is 22.4 Å². The molecule has 1 aromatic carbocycles. The average molecular weight is 302 g/mol. The zero-order valence-electron chi connectivity index (χ0n) is 10.6. The summed E-state index contributed by atoms with van der Waals surface area (Å²) in [5.41, 5.74) is 0.706. The third-order valence-corrected chi connectivity index (χ3v) is 2.68. The molecule has 1 N–H and O–H groups in total. The van der Waals surface area contributed by atoms with Crippen LogP contribution in [0.25, 0.3) is 0 Å². The maximum Gasteiger partial charge on any atom is 0.203 e. The Labute approximate surface area is 116 Å². The number of hydrogen-bond acceptors (Lipinski definition) is 3. The summed E-state index contributed by atoms with van der Waals surface area (Å²) in [4.78, 5) is 18.0. The molecule has 0 amide bonds. The molecule has 2 rings (SSSR count). The summed E-state index contributed by atoms with van der Waals surface area (Å²) in [5.74, 6) is -8.23. The number of halogens is 4. The minimum atomic E-state index is -1.67. The van der Waals surface area contributed by atoms with Gasteiger partial charge in [-0.2, -0.15) is 8.78 Å². The van der Waals surface area contributed by atoms with Crippen molar-refractivity contribution in [3.8, 4) is 5.75 Å². The largest absolute Gasteiger partial charge is 0.480 e. The van der Waals surface area contributed by atoms with Gasteiger partial charge in [-0.25, -0.2) is 13.8 Å². The van der Waals surface area contributed by atoms with Crippen LogP contribution >= 0.6 is 0 Å². The van der Waals surface area contributed by atoms with Crippen molar-refractivity contribution in [3.63, 3.8) is 0 Å². The van der Waals surface area contributed by atoms with Crippen LogP contribution in [0.15, 0.2) is 18.6 Å². The van der Waals surface area contributed by atoms with Gasteiger partial charge < -0.3 is 9.72 Å². The monoisotopic (exact) mass is 302 g/mol. The third kappa shape index (κ3) is 3.59. The van der Waals surface area contributed by atoms with Gasteiger partial charge in [0.25, 0.3) is 0 Å². The second-order valence-electron chi connectivity index (χ2n) is 4.20. The van der Waals surface area contributed by atoms with Gasteiger partial charge in [-0.05, 0) is 6.42 Å². The summed E-state index contributed by atoms with van der Waals surface area (Å²) in [5, 5.41) is 0. The molecule has 0 spiro atoms. The number of H-pyrrole nitrogens is 1. The SMILES string of the molecule is O=C(CCc1cnc[nH]1)COc1c(F)c(F)cc(F)c1F. The second-order valence-corrected chi connectivity index (χ2v) is 4.20. The first-order valence-corrected chi connectivity index (χ1v) is 5.93. The van der Waals surface area contributed by atoms with Crippen molar-refractivity contribution in [2.24, 2.45) is 0 Å². The van der Waals surface area contributed by atoms with E-state index in [1.807, 2.05) is 0 Å². The highest BCUT2D eigenvalue weighted by atomic mass is 19.2. The summed E-state index contributed by atoms with van der Waals surface area (Å²) in [6.45, 7) is -0.690. The summed E-state index contributed by atoms with van der Waals surface area (Å²) < 4.78 is 56.9. The maximum atomic E-state index is 13.3. The smallest absolute Gasteiger partial charge is 0.203 e. The first-order valence-electron chi connectivity index (χ1n) is 5.93. The quantitative estimate of drug-likeness (QED) is 0.659. The standard InChI is InChI=1S/C13H10F4N2O2/c14-9-3-10(15)12(17)13(11(9)16)21-5-8(20)2-1-7-4-18-6-19-7/h3-4,6H,1-2,5H2,(H,18,19). The summed E-state index contributed by atoms with van der Waals surface area (Å²) in [6, 6.07) is 0.0670. The Morgan fingerprint density at radius 1 is 1.19 bits per heavy atom. The van der Waals surface area contributed by atoms with Gasteiger partial charge >= 0.3 is 0 Å². The molecule has 21 heavy (non-hydrogen) atoms. The summed E-state index contributed by atoms with van der Waals surface area (Å²) in [6.07, 6.45) is 3.33. The van der Waals surface area contributed by atoms with Crippen molar-refractivity contribution in [3.05, 3.63) is 47.6 Å². The van der Waals surface area contributed by atoms with Gasteiger partial charge in [-0.15, -0.1) is 0 Å². The van der Waals surface area contributed by atoms with E-state index in [0.717, 1.165) is 0 Å². The number of aromatic nitrogens is 2. The minimum Gasteiger partial charge on any atom is -0.480 e. The number of rotatable bonds is 6. The fraction of sp³-hybridized carbons (Fsp3) is 0.231. The molecule has 0 aliphatic heterocycles. The van der Waals surface area contributed by atoms with Crippen molar-refractivity contribution in [2.45, 2.75) is 12.8 Å². The predicted octanol–water partition coefficient (Wildman–Crippen LogP) is 2.55. The molecule has 0 fully saturated rings. The number of aromatic amines is 1.